The number of sulfonamides is 1. The number of carbonyl (C=O) groups is 2. The molecule has 2 aromatic carbocycles. The van der Waals surface area contributed by atoms with E-state index in [1.54, 1.807) is 6.07 Å². The summed E-state index contributed by atoms with van der Waals surface area (Å²) in [5.41, 5.74) is 2.50. The Bertz CT molecular complexity index is 974. The molecule has 0 saturated heterocycles. The fourth-order valence-electron chi connectivity index (χ4n) is 2.33. The summed E-state index contributed by atoms with van der Waals surface area (Å²) in [6.07, 6.45) is -1.12. The topological polar surface area (TPSA) is 102 Å². The van der Waals surface area contributed by atoms with Crippen molar-refractivity contribution in [2.45, 2.75) is 31.8 Å². The van der Waals surface area contributed by atoms with E-state index < -0.39 is 40.4 Å². The normalized spacial score (nSPS) is 12.3. The van der Waals surface area contributed by atoms with E-state index >= 15 is 0 Å². The van der Waals surface area contributed by atoms with Crippen LogP contribution in [0.2, 0.25) is 0 Å². The average Bonchev–Trinajstić information content (AvgIpc) is 2.62. The Hall–Kier alpha value is -2.78. The summed E-state index contributed by atoms with van der Waals surface area (Å²) in [6, 6.07) is 9.61. The number of hydrogen-bond donors (Lipinski definition) is 2. The number of benzene rings is 2. The molecule has 28 heavy (non-hydrogen) atoms. The highest BCUT2D eigenvalue weighted by Crippen LogP contribution is 2.16. The fourth-order valence-corrected chi connectivity index (χ4v) is 3.30. The van der Waals surface area contributed by atoms with E-state index in [9.17, 15) is 22.4 Å². The number of esters is 1. The highest BCUT2D eigenvalue weighted by molar-refractivity contribution is 7.89. The Morgan fingerprint density at radius 1 is 1.11 bits per heavy atom. The molecule has 2 rings (SSSR count). The maximum absolute atomic E-state index is 12.9. The van der Waals surface area contributed by atoms with Gasteiger partial charge in [-0.2, -0.15) is 4.72 Å². The van der Waals surface area contributed by atoms with Gasteiger partial charge in [-0.15, -0.1) is 0 Å². The first-order chi connectivity index (χ1) is 13.1. The van der Waals surface area contributed by atoms with Crippen LogP contribution in [0.15, 0.2) is 47.4 Å². The van der Waals surface area contributed by atoms with E-state index in [-0.39, 0.29) is 4.90 Å². The third-order valence-electron chi connectivity index (χ3n) is 3.85. The lowest BCUT2D eigenvalue weighted by Crippen LogP contribution is -2.35. The summed E-state index contributed by atoms with van der Waals surface area (Å²) in [4.78, 5) is 23.8. The van der Waals surface area contributed by atoms with Crippen LogP contribution in [0.5, 0.6) is 0 Å². The fraction of sp³-hybridized carbons (Fsp3) is 0.263. The van der Waals surface area contributed by atoms with Gasteiger partial charge in [-0.1, -0.05) is 17.7 Å². The molecule has 1 amide bonds. The standard InChI is InChI=1S/C19H21FN2O5S/c1-12-4-9-17(13(2)10-12)22-19(24)14(3)27-18(23)11-21-28(25,26)16-7-5-15(20)6-8-16/h4-10,14,21H,11H2,1-3H3,(H,22,24)/t14-/m1/s1. The van der Waals surface area contributed by atoms with Crippen molar-refractivity contribution in [2.75, 3.05) is 11.9 Å². The van der Waals surface area contributed by atoms with Gasteiger partial charge in [-0.25, -0.2) is 12.8 Å². The second-order valence-electron chi connectivity index (χ2n) is 6.22. The summed E-state index contributed by atoms with van der Waals surface area (Å²) in [6.45, 7) is 4.48. The van der Waals surface area contributed by atoms with Gasteiger partial charge < -0.3 is 10.1 Å². The SMILES string of the molecule is Cc1ccc(NC(=O)[C@@H](C)OC(=O)CNS(=O)(=O)c2ccc(F)cc2)c(C)c1. The minimum Gasteiger partial charge on any atom is -0.452 e. The molecule has 2 N–H and O–H groups in total. The summed E-state index contributed by atoms with van der Waals surface area (Å²) in [5, 5.41) is 2.66. The molecular formula is C19H21FN2O5S. The summed E-state index contributed by atoms with van der Waals surface area (Å²) >= 11 is 0. The minimum atomic E-state index is -4.00. The number of halogens is 1. The van der Waals surface area contributed by atoms with Gasteiger partial charge in [0.1, 0.15) is 12.4 Å². The maximum atomic E-state index is 12.9. The van der Waals surface area contributed by atoms with Crippen molar-refractivity contribution in [3.8, 4) is 0 Å². The predicted molar refractivity (Wildman–Crippen MR) is 102 cm³/mol. The second kappa shape index (κ2) is 8.94. The summed E-state index contributed by atoms with van der Waals surface area (Å²) in [7, 11) is -4.00. The smallest absolute Gasteiger partial charge is 0.321 e. The van der Waals surface area contributed by atoms with Crippen LogP contribution < -0.4 is 10.0 Å². The first-order valence-corrected chi connectivity index (χ1v) is 9.89. The molecule has 2 aromatic rings. The first-order valence-electron chi connectivity index (χ1n) is 8.41. The molecular weight excluding hydrogens is 387 g/mol. The molecule has 0 unspecified atom stereocenters. The number of amides is 1. The number of ether oxygens (including phenoxy) is 1. The zero-order valence-corrected chi connectivity index (χ0v) is 16.5. The Morgan fingerprint density at radius 3 is 2.36 bits per heavy atom. The van der Waals surface area contributed by atoms with Gasteiger partial charge in [0.05, 0.1) is 4.90 Å². The molecule has 0 bridgehead atoms. The van der Waals surface area contributed by atoms with Crippen LogP contribution in [-0.4, -0.2) is 32.9 Å². The summed E-state index contributed by atoms with van der Waals surface area (Å²) < 4.78 is 44.0. The monoisotopic (exact) mass is 408 g/mol. The van der Waals surface area contributed by atoms with Crippen molar-refractivity contribution < 1.29 is 27.1 Å². The Kier molecular flexibility index (Phi) is 6.87. The van der Waals surface area contributed by atoms with Crippen molar-refractivity contribution in [2.24, 2.45) is 0 Å². The van der Waals surface area contributed by atoms with Gasteiger partial charge in [0.25, 0.3) is 5.91 Å². The molecule has 0 aliphatic carbocycles. The van der Waals surface area contributed by atoms with Gasteiger partial charge in [-0.3, -0.25) is 9.59 Å². The van der Waals surface area contributed by atoms with Gasteiger partial charge in [0, 0.05) is 5.69 Å². The number of anilines is 1. The van der Waals surface area contributed by atoms with E-state index in [2.05, 4.69) is 5.32 Å². The minimum absolute atomic E-state index is 0.192. The quantitative estimate of drug-likeness (QED) is 0.685. The van der Waals surface area contributed by atoms with Crippen LogP contribution in [0.25, 0.3) is 0 Å². The molecule has 0 aliphatic rings. The number of nitrogens with one attached hydrogen (secondary N) is 2. The van der Waals surface area contributed by atoms with E-state index in [0.29, 0.717) is 5.69 Å². The van der Waals surface area contributed by atoms with Crippen LogP contribution in [0, 0.1) is 19.7 Å². The van der Waals surface area contributed by atoms with Gasteiger partial charge >= 0.3 is 5.97 Å². The molecule has 0 aliphatic heterocycles. The lowest BCUT2D eigenvalue weighted by atomic mass is 10.1. The lowest BCUT2D eigenvalue weighted by molar-refractivity contribution is -0.151. The van der Waals surface area contributed by atoms with Crippen molar-refractivity contribution >= 4 is 27.6 Å². The number of carbonyl (C=O) groups excluding carboxylic acids is 2. The van der Waals surface area contributed by atoms with E-state index in [0.717, 1.165) is 35.4 Å². The molecule has 0 aromatic heterocycles. The van der Waals surface area contributed by atoms with Crippen LogP contribution in [-0.2, 0) is 24.3 Å². The highest BCUT2D eigenvalue weighted by atomic mass is 32.2. The van der Waals surface area contributed by atoms with Crippen LogP contribution in [0.4, 0.5) is 10.1 Å². The number of rotatable bonds is 7. The molecule has 0 fully saturated rings. The van der Waals surface area contributed by atoms with Crippen LogP contribution >= 0.6 is 0 Å². The third kappa shape index (κ3) is 5.86. The third-order valence-corrected chi connectivity index (χ3v) is 5.26. The van der Waals surface area contributed by atoms with Crippen LogP contribution in [0.3, 0.4) is 0 Å². The van der Waals surface area contributed by atoms with Crippen LogP contribution in [0.1, 0.15) is 18.1 Å². The predicted octanol–water partition coefficient (Wildman–Crippen LogP) is 2.29. The Labute approximate surface area is 163 Å². The zero-order chi connectivity index (χ0) is 20.9. The lowest BCUT2D eigenvalue weighted by Gasteiger charge is -2.15. The Balaban J connectivity index is 1.89. The molecule has 9 heteroatoms. The zero-order valence-electron chi connectivity index (χ0n) is 15.7. The molecule has 0 saturated carbocycles. The van der Waals surface area contributed by atoms with Crippen molar-refractivity contribution in [3.05, 3.63) is 59.4 Å². The maximum Gasteiger partial charge on any atom is 0.321 e. The second-order valence-corrected chi connectivity index (χ2v) is 7.99. The molecule has 0 spiro atoms. The van der Waals surface area contributed by atoms with E-state index in [4.69, 9.17) is 4.74 Å². The number of hydrogen-bond acceptors (Lipinski definition) is 5. The first kappa shape index (κ1) is 21.5. The van der Waals surface area contributed by atoms with Gasteiger partial charge in [0.15, 0.2) is 6.10 Å². The van der Waals surface area contributed by atoms with Gasteiger partial charge in [0.2, 0.25) is 10.0 Å². The van der Waals surface area contributed by atoms with Gasteiger partial charge in [-0.05, 0) is 56.7 Å². The van der Waals surface area contributed by atoms with Crippen molar-refractivity contribution in [3.63, 3.8) is 0 Å². The highest BCUT2D eigenvalue weighted by Gasteiger charge is 2.21. The van der Waals surface area contributed by atoms with Crippen molar-refractivity contribution in [1.29, 1.82) is 0 Å². The Morgan fingerprint density at radius 2 is 1.75 bits per heavy atom. The average molecular weight is 408 g/mol. The molecule has 0 heterocycles. The van der Waals surface area contributed by atoms with Crippen molar-refractivity contribution in [1.82, 2.24) is 4.72 Å². The molecule has 7 nitrogen and oxygen atoms in total. The molecule has 1 atom stereocenters. The molecule has 0 radical (unpaired) electrons. The van der Waals surface area contributed by atoms with E-state index in [1.165, 1.54) is 6.92 Å². The van der Waals surface area contributed by atoms with E-state index in [1.807, 2.05) is 30.7 Å². The number of aryl methyl sites for hydroxylation is 2. The largest absolute Gasteiger partial charge is 0.452 e. The molecule has 150 valence electrons. The summed E-state index contributed by atoms with van der Waals surface area (Å²) in [5.74, 6) is -2.04.